The fraction of sp³-hybridized carbons (Fsp3) is 0.259. The van der Waals surface area contributed by atoms with Crippen molar-refractivity contribution in [1.29, 1.82) is 0 Å². The number of carbonyl (C=O) groups is 2. The third-order valence-corrected chi connectivity index (χ3v) is 6.85. The maximum Gasteiger partial charge on any atom is 0.255 e. The Morgan fingerprint density at radius 3 is 2.34 bits per heavy atom. The van der Waals surface area contributed by atoms with Crippen molar-refractivity contribution < 1.29 is 9.59 Å². The minimum Gasteiger partial charge on any atom is -0.324 e. The molecule has 1 N–H and O–H groups in total. The third kappa shape index (κ3) is 5.05. The summed E-state index contributed by atoms with van der Waals surface area (Å²) in [4.78, 5) is 28.1. The van der Waals surface area contributed by atoms with Crippen molar-refractivity contribution in [2.75, 3.05) is 11.1 Å². The predicted molar refractivity (Wildman–Crippen MR) is 132 cm³/mol. The Bertz CT molecular complexity index is 1080. The van der Waals surface area contributed by atoms with Gasteiger partial charge in [0.1, 0.15) is 6.04 Å². The Balaban J connectivity index is 1.50. The number of rotatable bonds is 8. The molecule has 0 aromatic heterocycles. The van der Waals surface area contributed by atoms with Gasteiger partial charge in [0.2, 0.25) is 5.91 Å². The lowest BCUT2D eigenvalue weighted by Gasteiger charge is -2.27. The van der Waals surface area contributed by atoms with Gasteiger partial charge in [-0.05, 0) is 40.8 Å². The lowest BCUT2D eigenvalue weighted by molar-refractivity contribution is -0.119. The van der Waals surface area contributed by atoms with E-state index < -0.39 is 6.04 Å². The Labute approximate surface area is 194 Å². The molecule has 0 radical (unpaired) electrons. The molecule has 32 heavy (non-hydrogen) atoms. The first kappa shape index (κ1) is 22.2. The SMILES string of the molecule is CC(C)c1ccc(NC(=O)C(CSCc2ccccc2)N2Cc3ccccc3C2=O)cc1. The Hall–Kier alpha value is -3.05. The Morgan fingerprint density at radius 2 is 1.66 bits per heavy atom. The molecule has 1 unspecified atom stereocenters. The number of amides is 2. The highest BCUT2D eigenvalue weighted by Gasteiger charge is 2.36. The summed E-state index contributed by atoms with van der Waals surface area (Å²) in [7, 11) is 0. The second kappa shape index (κ2) is 10.0. The van der Waals surface area contributed by atoms with Crippen LogP contribution >= 0.6 is 11.8 Å². The quantitative estimate of drug-likeness (QED) is 0.484. The van der Waals surface area contributed by atoms with E-state index in [-0.39, 0.29) is 11.8 Å². The van der Waals surface area contributed by atoms with Crippen LogP contribution in [0.15, 0.2) is 78.9 Å². The molecule has 0 saturated heterocycles. The van der Waals surface area contributed by atoms with Gasteiger partial charge in [0.25, 0.3) is 5.91 Å². The molecule has 0 bridgehead atoms. The maximum absolute atomic E-state index is 13.3. The van der Waals surface area contributed by atoms with E-state index in [9.17, 15) is 9.59 Å². The van der Waals surface area contributed by atoms with Gasteiger partial charge in [0.05, 0.1) is 0 Å². The van der Waals surface area contributed by atoms with Crippen molar-refractivity contribution in [3.05, 3.63) is 101 Å². The molecular weight excluding hydrogens is 416 g/mol. The van der Waals surface area contributed by atoms with Gasteiger partial charge in [-0.2, -0.15) is 11.8 Å². The number of fused-ring (bicyclic) bond motifs is 1. The number of hydrogen-bond donors (Lipinski definition) is 1. The normalized spacial score (nSPS) is 13.8. The predicted octanol–water partition coefficient (Wildman–Crippen LogP) is 5.71. The standard InChI is InChI=1S/C27H28N2O2S/c1-19(2)21-12-14-23(15-13-21)28-26(30)25(18-32-17-20-8-4-3-5-9-20)29-16-22-10-6-7-11-24(22)27(29)31/h3-15,19,25H,16-18H2,1-2H3,(H,28,30). The third-order valence-electron chi connectivity index (χ3n) is 5.76. The topological polar surface area (TPSA) is 49.4 Å². The first-order valence-corrected chi connectivity index (χ1v) is 12.1. The van der Waals surface area contributed by atoms with Gasteiger partial charge >= 0.3 is 0 Å². The van der Waals surface area contributed by atoms with Gasteiger partial charge in [-0.3, -0.25) is 9.59 Å². The van der Waals surface area contributed by atoms with Gasteiger partial charge in [-0.25, -0.2) is 0 Å². The molecule has 1 aliphatic heterocycles. The number of nitrogens with one attached hydrogen (secondary N) is 1. The van der Waals surface area contributed by atoms with Gasteiger partial charge < -0.3 is 10.2 Å². The van der Waals surface area contributed by atoms with Crippen molar-refractivity contribution in [2.24, 2.45) is 0 Å². The number of nitrogens with zero attached hydrogens (tertiary/aromatic N) is 1. The molecule has 164 valence electrons. The van der Waals surface area contributed by atoms with Crippen LogP contribution < -0.4 is 5.32 Å². The average Bonchev–Trinajstić information content (AvgIpc) is 3.14. The smallest absolute Gasteiger partial charge is 0.255 e. The van der Waals surface area contributed by atoms with Gasteiger partial charge in [0.15, 0.2) is 0 Å². The zero-order valence-corrected chi connectivity index (χ0v) is 19.3. The molecule has 0 aliphatic carbocycles. The first-order valence-electron chi connectivity index (χ1n) is 10.9. The molecule has 0 fully saturated rings. The van der Waals surface area contributed by atoms with Gasteiger partial charge in [-0.1, -0.05) is 74.5 Å². The summed E-state index contributed by atoms with van der Waals surface area (Å²) in [5.74, 6) is 1.54. The molecule has 2 amide bonds. The van der Waals surface area contributed by atoms with Crippen molar-refractivity contribution in [2.45, 2.75) is 38.1 Å². The van der Waals surface area contributed by atoms with E-state index in [1.807, 2.05) is 66.7 Å². The van der Waals surface area contributed by atoms with E-state index >= 15 is 0 Å². The molecule has 5 heteroatoms. The number of carbonyl (C=O) groups excluding carboxylic acids is 2. The maximum atomic E-state index is 13.3. The van der Waals surface area contributed by atoms with E-state index in [4.69, 9.17) is 0 Å². The summed E-state index contributed by atoms with van der Waals surface area (Å²) >= 11 is 1.67. The van der Waals surface area contributed by atoms with Crippen LogP contribution in [0.1, 0.15) is 46.8 Å². The van der Waals surface area contributed by atoms with Crippen molar-refractivity contribution >= 4 is 29.3 Å². The van der Waals surface area contributed by atoms with Crippen LogP contribution in [0.4, 0.5) is 5.69 Å². The van der Waals surface area contributed by atoms with Crippen LogP contribution in [0.25, 0.3) is 0 Å². The number of hydrogen-bond acceptors (Lipinski definition) is 3. The molecule has 4 rings (SSSR count). The summed E-state index contributed by atoms with van der Waals surface area (Å²) < 4.78 is 0. The average molecular weight is 445 g/mol. The summed E-state index contributed by atoms with van der Waals surface area (Å²) in [6.45, 7) is 4.75. The summed E-state index contributed by atoms with van der Waals surface area (Å²) in [6.07, 6.45) is 0. The Kier molecular flexibility index (Phi) is 6.96. The fourth-order valence-electron chi connectivity index (χ4n) is 3.88. The van der Waals surface area contributed by atoms with Gasteiger partial charge in [0, 0.05) is 29.3 Å². The minimum atomic E-state index is -0.548. The lowest BCUT2D eigenvalue weighted by atomic mass is 10.0. The summed E-state index contributed by atoms with van der Waals surface area (Å²) in [5, 5.41) is 3.03. The molecule has 3 aromatic carbocycles. The highest BCUT2D eigenvalue weighted by atomic mass is 32.2. The van der Waals surface area contributed by atoms with E-state index in [0.29, 0.717) is 23.8 Å². The molecule has 1 heterocycles. The highest BCUT2D eigenvalue weighted by Crippen LogP contribution is 2.27. The van der Waals surface area contributed by atoms with E-state index in [1.165, 1.54) is 11.1 Å². The van der Waals surface area contributed by atoms with Crippen LogP contribution in [-0.4, -0.2) is 28.5 Å². The number of thioether (sulfide) groups is 1. The zero-order valence-electron chi connectivity index (χ0n) is 18.5. The van der Waals surface area contributed by atoms with Crippen LogP contribution in [0.3, 0.4) is 0 Å². The van der Waals surface area contributed by atoms with E-state index in [1.54, 1.807) is 16.7 Å². The van der Waals surface area contributed by atoms with Crippen molar-refractivity contribution in [3.63, 3.8) is 0 Å². The van der Waals surface area contributed by atoms with E-state index in [0.717, 1.165) is 17.0 Å². The fourth-order valence-corrected chi connectivity index (χ4v) is 4.98. The molecular formula is C27H28N2O2S. The van der Waals surface area contributed by atoms with Crippen LogP contribution in [0.2, 0.25) is 0 Å². The second-order valence-electron chi connectivity index (χ2n) is 8.37. The second-order valence-corrected chi connectivity index (χ2v) is 9.40. The molecule has 1 atom stereocenters. The van der Waals surface area contributed by atoms with Crippen molar-refractivity contribution in [3.8, 4) is 0 Å². The van der Waals surface area contributed by atoms with Crippen LogP contribution in [0, 0.1) is 0 Å². The molecule has 4 nitrogen and oxygen atoms in total. The summed E-state index contributed by atoms with van der Waals surface area (Å²) in [5.41, 5.74) is 4.85. The first-order chi connectivity index (χ1) is 15.5. The number of anilines is 1. The van der Waals surface area contributed by atoms with Crippen LogP contribution in [0.5, 0.6) is 0 Å². The highest BCUT2D eigenvalue weighted by molar-refractivity contribution is 7.98. The van der Waals surface area contributed by atoms with E-state index in [2.05, 4.69) is 31.3 Å². The minimum absolute atomic E-state index is 0.0729. The molecule has 0 saturated carbocycles. The molecule has 0 spiro atoms. The molecule has 1 aliphatic rings. The monoisotopic (exact) mass is 444 g/mol. The van der Waals surface area contributed by atoms with Crippen LogP contribution in [-0.2, 0) is 17.1 Å². The summed E-state index contributed by atoms with van der Waals surface area (Å²) in [6, 6.07) is 25.2. The number of benzene rings is 3. The zero-order chi connectivity index (χ0) is 22.5. The van der Waals surface area contributed by atoms with Crippen molar-refractivity contribution in [1.82, 2.24) is 4.90 Å². The largest absolute Gasteiger partial charge is 0.324 e. The van der Waals surface area contributed by atoms with Gasteiger partial charge in [-0.15, -0.1) is 0 Å². The Morgan fingerprint density at radius 1 is 0.969 bits per heavy atom. The molecule has 3 aromatic rings. The lowest BCUT2D eigenvalue weighted by Crippen LogP contribution is -2.46.